The van der Waals surface area contributed by atoms with E-state index in [9.17, 15) is 22.8 Å². The van der Waals surface area contributed by atoms with Gasteiger partial charge in [0.2, 0.25) is 0 Å². The summed E-state index contributed by atoms with van der Waals surface area (Å²) < 4.78 is 47.5. The number of furan rings is 1. The lowest BCUT2D eigenvalue weighted by atomic mass is 10.3. The molecule has 0 bridgehead atoms. The fourth-order valence-corrected chi connectivity index (χ4v) is 2.09. The van der Waals surface area contributed by atoms with Gasteiger partial charge in [-0.15, -0.1) is 0 Å². The Hall–Kier alpha value is -2.97. The number of benzene rings is 1. The molecule has 140 valence electrons. The van der Waals surface area contributed by atoms with Crippen LogP contribution in [0.1, 0.15) is 17.5 Å². The number of anilines is 1. The molecule has 0 saturated heterocycles. The van der Waals surface area contributed by atoms with E-state index in [0.29, 0.717) is 10.6 Å². The molecular formula is C17H17F3N2O4. The van der Waals surface area contributed by atoms with Gasteiger partial charge in [0, 0.05) is 18.3 Å². The van der Waals surface area contributed by atoms with E-state index in [-0.39, 0.29) is 18.1 Å². The molecule has 1 heterocycles. The molecular weight excluding hydrogens is 353 g/mol. The third-order valence-electron chi connectivity index (χ3n) is 3.30. The Labute approximate surface area is 147 Å². The molecule has 0 atom stereocenters. The van der Waals surface area contributed by atoms with Crippen molar-refractivity contribution in [2.24, 2.45) is 0 Å². The van der Waals surface area contributed by atoms with E-state index in [1.165, 1.54) is 31.4 Å². The second-order valence-electron chi connectivity index (χ2n) is 5.27. The minimum Gasteiger partial charge on any atom is -0.484 e. The monoisotopic (exact) mass is 370 g/mol. The summed E-state index contributed by atoms with van der Waals surface area (Å²) >= 11 is 0. The number of halogens is 3. The topological polar surface area (TPSA) is 71.8 Å². The van der Waals surface area contributed by atoms with Gasteiger partial charge in [0.25, 0.3) is 11.8 Å². The van der Waals surface area contributed by atoms with Gasteiger partial charge < -0.3 is 19.4 Å². The summed E-state index contributed by atoms with van der Waals surface area (Å²) in [6.45, 7) is -0.500. The number of alkyl halides is 3. The molecule has 2 aromatic rings. The van der Waals surface area contributed by atoms with Gasteiger partial charge in [0.15, 0.2) is 12.4 Å². The van der Waals surface area contributed by atoms with Crippen molar-refractivity contribution in [2.75, 3.05) is 25.0 Å². The Morgan fingerprint density at radius 2 is 2.00 bits per heavy atom. The number of carbonyl (C=O) groups is 2. The van der Waals surface area contributed by atoms with Crippen LogP contribution < -0.4 is 10.1 Å². The molecule has 1 N–H and O–H groups in total. The van der Waals surface area contributed by atoms with E-state index < -0.39 is 31.1 Å². The zero-order valence-electron chi connectivity index (χ0n) is 13.9. The number of likely N-dealkylation sites (N-methyl/N-ethyl adjacent to an activating group) is 1. The minimum absolute atomic E-state index is 0.0824. The number of hydrogen-bond acceptors (Lipinski definition) is 4. The van der Waals surface area contributed by atoms with Crippen LogP contribution >= 0.6 is 0 Å². The molecule has 0 spiro atoms. The maximum absolute atomic E-state index is 12.4. The molecule has 0 unspecified atom stereocenters. The predicted molar refractivity (Wildman–Crippen MR) is 86.9 cm³/mol. The van der Waals surface area contributed by atoms with E-state index in [0.717, 1.165) is 0 Å². The highest BCUT2D eigenvalue weighted by atomic mass is 19.4. The molecule has 1 aromatic heterocycles. The second kappa shape index (κ2) is 8.41. The van der Waals surface area contributed by atoms with Crippen molar-refractivity contribution >= 4 is 17.5 Å². The maximum atomic E-state index is 12.4. The van der Waals surface area contributed by atoms with Gasteiger partial charge >= 0.3 is 6.18 Å². The van der Waals surface area contributed by atoms with E-state index in [4.69, 9.17) is 9.15 Å². The second-order valence-corrected chi connectivity index (χ2v) is 5.27. The van der Waals surface area contributed by atoms with Crippen LogP contribution in [0.15, 0.2) is 47.1 Å². The van der Waals surface area contributed by atoms with Crippen LogP contribution in [-0.2, 0) is 4.79 Å². The van der Waals surface area contributed by atoms with Crippen LogP contribution in [0.25, 0.3) is 0 Å². The summed E-state index contributed by atoms with van der Waals surface area (Å²) in [4.78, 5) is 24.4. The largest absolute Gasteiger partial charge is 0.484 e. The Morgan fingerprint density at radius 3 is 2.62 bits per heavy atom. The van der Waals surface area contributed by atoms with Crippen LogP contribution in [0, 0.1) is 0 Å². The van der Waals surface area contributed by atoms with Crippen LogP contribution in [0.3, 0.4) is 0 Å². The minimum atomic E-state index is -4.47. The molecule has 2 amide bonds. The summed E-state index contributed by atoms with van der Waals surface area (Å²) in [5, 5.41) is 2.58. The normalized spacial score (nSPS) is 11.1. The molecule has 0 fully saturated rings. The lowest BCUT2D eigenvalue weighted by Gasteiger charge is -2.22. The number of hydrogen-bond donors (Lipinski definition) is 1. The van der Waals surface area contributed by atoms with Crippen LogP contribution in [-0.4, -0.2) is 42.6 Å². The van der Waals surface area contributed by atoms with Crippen molar-refractivity contribution < 1.29 is 31.9 Å². The van der Waals surface area contributed by atoms with Crippen molar-refractivity contribution in [3.8, 4) is 5.75 Å². The number of nitrogens with zero attached hydrogens (tertiary/aromatic N) is 1. The standard InChI is InChI=1S/C17H17F3N2O4/c1-2-22(11-17(18,19)20)15(23)10-26-13-6-3-5-12(9-13)21-16(24)14-7-4-8-25-14/h3-9H,2,10-11H2,1H3,(H,21,24). The van der Waals surface area contributed by atoms with Crippen molar-refractivity contribution in [3.63, 3.8) is 0 Å². The van der Waals surface area contributed by atoms with E-state index >= 15 is 0 Å². The Morgan fingerprint density at radius 1 is 1.23 bits per heavy atom. The molecule has 0 saturated carbocycles. The summed E-state index contributed by atoms with van der Waals surface area (Å²) in [5.74, 6) is -0.892. The molecule has 0 aliphatic heterocycles. The first-order valence-electron chi connectivity index (χ1n) is 7.70. The maximum Gasteiger partial charge on any atom is 0.406 e. The first-order valence-corrected chi connectivity index (χ1v) is 7.70. The molecule has 6 nitrogen and oxygen atoms in total. The lowest BCUT2D eigenvalue weighted by Crippen LogP contribution is -2.41. The van der Waals surface area contributed by atoms with Crippen LogP contribution in [0.4, 0.5) is 18.9 Å². The van der Waals surface area contributed by atoms with Gasteiger partial charge in [-0.1, -0.05) is 6.07 Å². The van der Waals surface area contributed by atoms with Gasteiger partial charge in [-0.25, -0.2) is 0 Å². The van der Waals surface area contributed by atoms with Crippen LogP contribution in [0.2, 0.25) is 0 Å². The van der Waals surface area contributed by atoms with Gasteiger partial charge in [0.05, 0.1) is 6.26 Å². The lowest BCUT2D eigenvalue weighted by molar-refractivity contribution is -0.161. The Kier molecular flexibility index (Phi) is 6.26. The molecule has 2 rings (SSSR count). The van der Waals surface area contributed by atoms with Crippen molar-refractivity contribution in [2.45, 2.75) is 13.1 Å². The summed E-state index contributed by atoms with van der Waals surface area (Å²) in [6.07, 6.45) is -3.11. The van der Waals surface area contributed by atoms with E-state index in [2.05, 4.69) is 5.32 Å². The summed E-state index contributed by atoms with van der Waals surface area (Å²) in [7, 11) is 0. The van der Waals surface area contributed by atoms with Gasteiger partial charge in [-0.3, -0.25) is 9.59 Å². The van der Waals surface area contributed by atoms with E-state index in [1.807, 2.05) is 0 Å². The average Bonchev–Trinajstić information content (AvgIpc) is 3.12. The Balaban J connectivity index is 1.93. The fourth-order valence-electron chi connectivity index (χ4n) is 2.09. The number of carbonyl (C=O) groups excluding carboxylic acids is 2. The van der Waals surface area contributed by atoms with E-state index in [1.54, 1.807) is 18.2 Å². The zero-order valence-corrected chi connectivity index (χ0v) is 13.9. The highest BCUT2D eigenvalue weighted by molar-refractivity contribution is 6.02. The van der Waals surface area contributed by atoms with Crippen molar-refractivity contribution in [1.29, 1.82) is 0 Å². The highest BCUT2D eigenvalue weighted by Crippen LogP contribution is 2.19. The summed E-state index contributed by atoms with van der Waals surface area (Å²) in [6, 6.07) is 9.21. The van der Waals surface area contributed by atoms with Gasteiger partial charge in [0.1, 0.15) is 12.3 Å². The first-order chi connectivity index (χ1) is 12.3. The smallest absolute Gasteiger partial charge is 0.406 e. The number of rotatable bonds is 7. The number of amides is 2. The molecule has 9 heteroatoms. The third kappa shape index (κ3) is 5.83. The van der Waals surface area contributed by atoms with Crippen molar-refractivity contribution in [3.05, 3.63) is 48.4 Å². The van der Waals surface area contributed by atoms with Gasteiger partial charge in [-0.2, -0.15) is 13.2 Å². The molecule has 0 radical (unpaired) electrons. The molecule has 0 aliphatic rings. The summed E-state index contributed by atoms with van der Waals surface area (Å²) in [5.41, 5.74) is 0.388. The third-order valence-corrected chi connectivity index (χ3v) is 3.30. The van der Waals surface area contributed by atoms with Crippen LogP contribution in [0.5, 0.6) is 5.75 Å². The SMILES string of the molecule is CCN(CC(F)(F)F)C(=O)COc1cccc(NC(=O)c2ccco2)c1. The number of ether oxygens (including phenoxy) is 1. The molecule has 1 aromatic carbocycles. The van der Waals surface area contributed by atoms with Gasteiger partial charge in [-0.05, 0) is 31.2 Å². The Bertz CT molecular complexity index is 745. The first kappa shape index (κ1) is 19.4. The average molecular weight is 370 g/mol. The zero-order chi connectivity index (χ0) is 19.2. The van der Waals surface area contributed by atoms with Crippen molar-refractivity contribution in [1.82, 2.24) is 4.90 Å². The molecule has 26 heavy (non-hydrogen) atoms. The number of nitrogens with one attached hydrogen (secondary N) is 1. The fraction of sp³-hybridized carbons (Fsp3) is 0.294. The highest BCUT2D eigenvalue weighted by Gasteiger charge is 2.32. The predicted octanol–water partition coefficient (Wildman–Crippen LogP) is 3.32. The quantitative estimate of drug-likeness (QED) is 0.812. The molecule has 0 aliphatic carbocycles.